The van der Waals surface area contributed by atoms with Crippen LogP contribution in [0.2, 0.25) is 0 Å². The van der Waals surface area contributed by atoms with Crippen molar-refractivity contribution in [3.8, 4) is 11.5 Å². The fourth-order valence-electron chi connectivity index (χ4n) is 3.76. The van der Waals surface area contributed by atoms with Crippen LogP contribution in [-0.2, 0) is 6.54 Å². The number of nitrogens with one attached hydrogen (secondary N) is 1. The lowest BCUT2D eigenvalue weighted by Crippen LogP contribution is -2.42. The second kappa shape index (κ2) is 7.11. The molecule has 7 nitrogen and oxygen atoms in total. The molecule has 0 aromatic heterocycles. The van der Waals surface area contributed by atoms with Crippen LogP contribution in [0.1, 0.15) is 38.0 Å². The Morgan fingerprint density at radius 1 is 1.03 bits per heavy atom. The van der Waals surface area contributed by atoms with Gasteiger partial charge in [0.25, 0.3) is 5.91 Å². The molecular formula is C23H17N2O5-. The van der Waals surface area contributed by atoms with E-state index in [1.54, 1.807) is 23.1 Å². The fourth-order valence-corrected chi connectivity index (χ4v) is 3.76. The van der Waals surface area contributed by atoms with E-state index < -0.39 is 12.1 Å². The third kappa shape index (κ3) is 3.10. The predicted octanol–water partition coefficient (Wildman–Crippen LogP) is 2.55. The fraction of sp³-hybridized carbons (Fsp3) is 0.130. The monoisotopic (exact) mass is 401 g/mol. The minimum absolute atomic E-state index is 0.0867. The number of amides is 1. The lowest BCUT2D eigenvalue weighted by molar-refractivity contribution is -0.255. The van der Waals surface area contributed by atoms with E-state index in [1.807, 2.05) is 36.4 Å². The Balaban J connectivity index is 1.52. The van der Waals surface area contributed by atoms with Crippen molar-refractivity contribution in [2.75, 3.05) is 12.1 Å². The Labute approximate surface area is 172 Å². The molecule has 2 heterocycles. The topological polar surface area (TPSA) is 90.9 Å². The third-order valence-corrected chi connectivity index (χ3v) is 5.27. The van der Waals surface area contributed by atoms with Crippen molar-refractivity contribution in [1.82, 2.24) is 4.90 Å². The number of para-hydroxylation sites is 1. The highest BCUT2D eigenvalue weighted by molar-refractivity contribution is 6.01. The van der Waals surface area contributed by atoms with Gasteiger partial charge in [0.15, 0.2) is 11.5 Å². The zero-order chi connectivity index (χ0) is 20.7. The van der Waals surface area contributed by atoms with Crippen molar-refractivity contribution < 1.29 is 24.2 Å². The Bertz CT molecular complexity index is 1140. The van der Waals surface area contributed by atoms with E-state index in [0.29, 0.717) is 23.6 Å². The maximum Gasteiger partial charge on any atom is 0.258 e. The Kier molecular flexibility index (Phi) is 4.28. The first-order valence-electron chi connectivity index (χ1n) is 9.46. The zero-order valence-corrected chi connectivity index (χ0v) is 15.8. The summed E-state index contributed by atoms with van der Waals surface area (Å²) in [6.07, 6.45) is -0.464. The van der Waals surface area contributed by atoms with Gasteiger partial charge in [0.05, 0.1) is 11.5 Å². The summed E-state index contributed by atoms with van der Waals surface area (Å²) in [6, 6.07) is 19.3. The minimum Gasteiger partial charge on any atom is -0.545 e. The molecule has 30 heavy (non-hydrogen) atoms. The molecule has 0 radical (unpaired) electrons. The van der Waals surface area contributed by atoms with Gasteiger partial charge in [-0.3, -0.25) is 4.79 Å². The number of hydrogen-bond acceptors (Lipinski definition) is 6. The van der Waals surface area contributed by atoms with Gasteiger partial charge in [-0.15, -0.1) is 0 Å². The molecule has 0 unspecified atom stereocenters. The van der Waals surface area contributed by atoms with Crippen LogP contribution in [0.25, 0.3) is 0 Å². The van der Waals surface area contributed by atoms with Gasteiger partial charge in [-0.05, 0) is 41.0 Å². The van der Waals surface area contributed by atoms with Gasteiger partial charge in [0.1, 0.15) is 6.17 Å². The molecule has 150 valence electrons. The average Bonchev–Trinajstić information content (AvgIpc) is 3.23. The molecule has 7 heteroatoms. The van der Waals surface area contributed by atoms with E-state index in [9.17, 15) is 14.7 Å². The number of carbonyl (C=O) groups is 2. The summed E-state index contributed by atoms with van der Waals surface area (Å²) >= 11 is 0. The molecule has 0 bridgehead atoms. The molecular weight excluding hydrogens is 384 g/mol. The van der Waals surface area contributed by atoms with Crippen molar-refractivity contribution in [2.24, 2.45) is 0 Å². The number of ether oxygens (including phenoxy) is 2. The van der Waals surface area contributed by atoms with Crippen LogP contribution in [0.3, 0.4) is 0 Å². The molecule has 2 aliphatic heterocycles. The molecule has 0 fully saturated rings. The van der Waals surface area contributed by atoms with Crippen LogP contribution in [0.15, 0.2) is 66.7 Å². The van der Waals surface area contributed by atoms with Gasteiger partial charge >= 0.3 is 0 Å². The van der Waals surface area contributed by atoms with E-state index in [2.05, 4.69) is 5.32 Å². The first kappa shape index (κ1) is 18.1. The smallest absolute Gasteiger partial charge is 0.258 e. The van der Waals surface area contributed by atoms with Crippen LogP contribution in [-0.4, -0.2) is 23.6 Å². The molecule has 3 aromatic carbocycles. The van der Waals surface area contributed by atoms with Crippen molar-refractivity contribution >= 4 is 17.6 Å². The molecule has 2 aliphatic rings. The maximum absolute atomic E-state index is 13.3. The van der Waals surface area contributed by atoms with Gasteiger partial charge in [0, 0.05) is 12.2 Å². The summed E-state index contributed by atoms with van der Waals surface area (Å²) in [4.78, 5) is 26.1. The van der Waals surface area contributed by atoms with E-state index in [-0.39, 0.29) is 18.3 Å². The SMILES string of the molecule is O=C([O-])c1ccc([C@H]2Nc3ccccc3C(=O)N2Cc2ccc3c(c2)OCO3)cc1. The number of aromatic carboxylic acids is 1. The lowest BCUT2D eigenvalue weighted by atomic mass is 10.0. The molecule has 1 N–H and O–H groups in total. The molecule has 0 aliphatic carbocycles. The Hall–Kier alpha value is -4.00. The van der Waals surface area contributed by atoms with Crippen molar-refractivity contribution in [3.05, 3.63) is 89.0 Å². The van der Waals surface area contributed by atoms with E-state index in [4.69, 9.17) is 9.47 Å². The van der Waals surface area contributed by atoms with Gasteiger partial charge < -0.3 is 29.6 Å². The van der Waals surface area contributed by atoms with Gasteiger partial charge in [-0.1, -0.05) is 42.5 Å². The maximum atomic E-state index is 13.3. The highest BCUT2D eigenvalue weighted by Crippen LogP contribution is 2.36. The summed E-state index contributed by atoms with van der Waals surface area (Å²) in [5.41, 5.74) is 3.07. The van der Waals surface area contributed by atoms with Gasteiger partial charge in [0.2, 0.25) is 6.79 Å². The molecule has 0 saturated heterocycles. The lowest BCUT2D eigenvalue weighted by Gasteiger charge is -2.38. The second-order valence-electron chi connectivity index (χ2n) is 7.12. The summed E-state index contributed by atoms with van der Waals surface area (Å²) in [7, 11) is 0. The number of benzene rings is 3. The van der Waals surface area contributed by atoms with Crippen LogP contribution in [0.4, 0.5) is 5.69 Å². The van der Waals surface area contributed by atoms with Gasteiger partial charge in [-0.25, -0.2) is 0 Å². The number of fused-ring (bicyclic) bond motifs is 2. The highest BCUT2D eigenvalue weighted by Gasteiger charge is 2.33. The molecule has 0 spiro atoms. The number of anilines is 1. The average molecular weight is 401 g/mol. The Morgan fingerprint density at radius 2 is 1.80 bits per heavy atom. The van der Waals surface area contributed by atoms with Crippen LogP contribution in [0, 0.1) is 0 Å². The van der Waals surface area contributed by atoms with Crippen molar-refractivity contribution in [3.63, 3.8) is 0 Å². The molecule has 1 atom stereocenters. The van der Waals surface area contributed by atoms with E-state index in [0.717, 1.165) is 16.8 Å². The number of nitrogens with zero attached hydrogens (tertiary/aromatic N) is 1. The van der Waals surface area contributed by atoms with E-state index >= 15 is 0 Å². The van der Waals surface area contributed by atoms with Crippen molar-refractivity contribution in [2.45, 2.75) is 12.7 Å². The van der Waals surface area contributed by atoms with Crippen LogP contribution >= 0.6 is 0 Å². The van der Waals surface area contributed by atoms with Crippen LogP contribution < -0.4 is 19.9 Å². The molecule has 3 aromatic rings. The largest absolute Gasteiger partial charge is 0.545 e. The number of carboxylic acids is 1. The van der Waals surface area contributed by atoms with E-state index in [1.165, 1.54) is 12.1 Å². The van der Waals surface area contributed by atoms with Crippen LogP contribution in [0.5, 0.6) is 11.5 Å². The number of hydrogen-bond donors (Lipinski definition) is 1. The molecule has 1 amide bonds. The quantitative estimate of drug-likeness (QED) is 0.723. The standard InChI is InChI=1S/C23H18N2O5/c26-22-17-3-1-2-4-18(17)24-21(15-6-8-16(9-7-15)23(27)28)25(22)12-14-5-10-19-20(11-14)30-13-29-19/h1-11,21,24H,12-13H2,(H,27,28)/p-1/t21-/m0/s1. The number of carboxylic acid groups (broad SMARTS) is 1. The van der Waals surface area contributed by atoms with Crippen molar-refractivity contribution in [1.29, 1.82) is 0 Å². The summed E-state index contributed by atoms with van der Waals surface area (Å²) in [5.74, 6) is -0.0189. The third-order valence-electron chi connectivity index (χ3n) is 5.27. The zero-order valence-electron chi connectivity index (χ0n) is 15.8. The number of carbonyl (C=O) groups excluding carboxylic acids is 2. The molecule has 5 rings (SSSR count). The predicted molar refractivity (Wildman–Crippen MR) is 106 cm³/mol. The first-order valence-corrected chi connectivity index (χ1v) is 9.46. The molecule has 0 saturated carbocycles. The summed E-state index contributed by atoms with van der Waals surface area (Å²) < 4.78 is 10.8. The summed E-state index contributed by atoms with van der Waals surface area (Å²) in [5, 5.41) is 14.5. The Morgan fingerprint density at radius 3 is 2.60 bits per heavy atom. The number of rotatable bonds is 4. The van der Waals surface area contributed by atoms with Gasteiger partial charge in [-0.2, -0.15) is 0 Å². The highest BCUT2D eigenvalue weighted by atomic mass is 16.7. The second-order valence-corrected chi connectivity index (χ2v) is 7.12. The normalized spacial score (nSPS) is 16.7. The summed E-state index contributed by atoms with van der Waals surface area (Å²) in [6.45, 7) is 0.521. The first-order chi connectivity index (χ1) is 14.6. The minimum atomic E-state index is -1.24.